The Hall–Kier alpha value is -2.19. The van der Waals surface area contributed by atoms with E-state index in [4.69, 9.17) is 0 Å². The second-order valence-electron chi connectivity index (χ2n) is 6.06. The predicted octanol–water partition coefficient (Wildman–Crippen LogP) is 0.353. The molecule has 0 unspecified atom stereocenters. The van der Waals surface area contributed by atoms with Crippen LogP contribution in [-0.4, -0.2) is 45.3 Å². The van der Waals surface area contributed by atoms with Crippen LogP contribution in [-0.2, 0) is 11.2 Å². The lowest BCUT2D eigenvalue weighted by Crippen LogP contribution is -2.46. The van der Waals surface area contributed by atoms with Crippen LogP contribution in [0.15, 0.2) is 27.1 Å². The lowest BCUT2D eigenvalue weighted by Gasteiger charge is -2.36. The quantitative estimate of drug-likeness (QED) is 0.743. The zero-order chi connectivity index (χ0) is 17.3. The molecule has 0 aliphatic carbocycles. The number of aromatic nitrogens is 2. The molecule has 2 aromatic rings. The van der Waals surface area contributed by atoms with Gasteiger partial charge in [0.25, 0.3) is 11.1 Å². The number of carbonyl (C=O) groups is 1. The van der Waals surface area contributed by atoms with E-state index in [1.807, 2.05) is 18.4 Å². The molecule has 2 atom stereocenters. The Labute approximate surface area is 141 Å². The van der Waals surface area contributed by atoms with Crippen LogP contribution in [0.2, 0.25) is 0 Å². The standard InChI is InChI=1S/C16H19N3O4S/c1-9-3-5-24-15(9)11-2-4-19(8-12(11)20)14(22)7-10-6-13(21)17-18-16(10)23/h3,5-6,11-12,20H,2,4,7-8H2,1H3,(H,17,21)(H,18,23)/t11-,12-/m1/s1. The van der Waals surface area contributed by atoms with Crippen molar-refractivity contribution in [3.63, 3.8) is 0 Å². The lowest BCUT2D eigenvalue weighted by molar-refractivity contribution is -0.134. The normalized spacial score (nSPS) is 21.0. The smallest absolute Gasteiger partial charge is 0.266 e. The number of β-amino-alcohol motifs (C(OH)–C–C–N with tert-alkyl or cyclic N) is 1. The summed E-state index contributed by atoms with van der Waals surface area (Å²) >= 11 is 1.63. The second-order valence-corrected chi connectivity index (χ2v) is 7.01. The Kier molecular flexibility index (Phi) is 4.68. The maximum Gasteiger partial charge on any atom is 0.266 e. The van der Waals surface area contributed by atoms with Gasteiger partial charge in [-0.05, 0) is 30.4 Å². The summed E-state index contributed by atoms with van der Waals surface area (Å²) in [6.07, 6.45) is -0.0909. The fourth-order valence-electron chi connectivity index (χ4n) is 3.09. The molecule has 1 amide bonds. The number of thiophene rings is 1. The number of nitrogens with zero attached hydrogens (tertiary/aromatic N) is 1. The third-order valence-electron chi connectivity index (χ3n) is 4.41. The maximum absolute atomic E-state index is 12.4. The van der Waals surface area contributed by atoms with Gasteiger partial charge < -0.3 is 10.0 Å². The second kappa shape index (κ2) is 6.74. The molecule has 7 nitrogen and oxygen atoms in total. The molecule has 2 aromatic heterocycles. The highest BCUT2D eigenvalue weighted by atomic mass is 32.1. The van der Waals surface area contributed by atoms with Gasteiger partial charge in [0.2, 0.25) is 5.91 Å². The van der Waals surface area contributed by atoms with Crippen LogP contribution in [0.3, 0.4) is 0 Å². The lowest BCUT2D eigenvalue weighted by atomic mass is 9.90. The first-order chi connectivity index (χ1) is 11.5. The molecule has 3 N–H and O–H groups in total. The van der Waals surface area contributed by atoms with Crippen LogP contribution in [0.25, 0.3) is 0 Å². The number of aliphatic hydroxyl groups is 1. The number of rotatable bonds is 3. The molecule has 1 fully saturated rings. The van der Waals surface area contributed by atoms with Crippen LogP contribution in [0.5, 0.6) is 0 Å². The minimum absolute atomic E-state index is 0.0389. The first-order valence-electron chi connectivity index (χ1n) is 7.76. The van der Waals surface area contributed by atoms with E-state index in [-0.39, 0.29) is 30.4 Å². The summed E-state index contributed by atoms with van der Waals surface area (Å²) in [6, 6.07) is 3.17. The number of H-pyrrole nitrogens is 2. The summed E-state index contributed by atoms with van der Waals surface area (Å²) < 4.78 is 0. The molecule has 24 heavy (non-hydrogen) atoms. The SMILES string of the molecule is Cc1ccsc1[C@@H]1CCN(C(=O)Cc2cc(=O)[nH][nH]c2=O)C[C@H]1O. The minimum Gasteiger partial charge on any atom is -0.391 e. The van der Waals surface area contributed by atoms with Crippen molar-refractivity contribution in [1.29, 1.82) is 0 Å². The van der Waals surface area contributed by atoms with Gasteiger partial charge in [-0.1, -0.05) is 0 Å². The number of hydrogen-bond donors (Lipinski definition) is 3. The first kappa shape index (κ1) is 16.7. The molecule has 128 valence electrons. The van der Waals surface area contributed by atoms with Crippen molar-refractivity contribution >= 4 is 17.2 Å². The van der Waals surface area contributed by atoms with Crippen LogP contribution >= 0.6 is 11.3 Å². The zero-order valence-corrected chi connectivity index (χ0v) is 14.1. The van der Waals surface area contributed by atoms with E-state index < -0.39 is 17.2 Å². The van der Waals surface area contributed by atoms with Crippen LogP contribution < -0.4 is 11.1 Å². The number of likely N-dealkylation sites (tertiary alicyclic amines) is 1. The van der Waals surface area contributed by atoms with Gasteiger partial charge in [0, 0.05) is 35.5 Å². The summed E-state index contributed by atoms with van der Waals surface area (Å²) in [6.45, 7) is 2.79. The average molecular weight is 349 g/mol. The van der Waals surface area contributed by atoms with Crippen LogP contribution in [0, 0.1) is 6.92 Å². The number of aromatic amines is 2. The molecular weight excluding hydrogens is 330 g/mol. The largest absolute Gasteiger partial charge is 0.391 e. The molecule has 0 aromatic carbocycles. The third-order valence-corrected chi connectivity index (χ3v) is 5.56. The van der Waals surface area contributed by atoms with Gasteiger partial charge in [-0.3, -0.25) is 24.6 Å². The Morgan fingerprint density at radius 1 is 1.42 bits per heavy atom. The van der Waals surface area contributed by atoms with Gasteiger partial charge in [-0.25, -0.2) is 0 Å². The zero-order valence-electron chi connectivity index (χ0n) is 13.2. The third kappa shape index (κ3) is 3.34. The van der Waals surface area contributed by atoms with Crippen LogP contribution in [0.1, 0.15) is 28.3 Å². The number of aliphatic hydroxyl groups excluding tert-OH is 1. The molecular formula is C16H19N3O4S. The van der Waals surface area contributed by atoms with Gasteiger partial charge >= 0.3 is 0 Å². The monoisotopic (exact) mass is 349 g/mol. The Bertz CT molecular complexity index is 853. The van der Waals surface area contributed by atoms with Gasteiger partial charge in [-0.15, -0.1) is 11.3 Å². The van der Waals surface area contributed by atoms with Crippen molar-refractivity contribution in [3.8, 4) is 0 Å². The highest BCUT2D eigenvalue weighted by molar-refractivity contribution is 7.10. The Morgan fingerprint density at radius 2 is 2.21 bits per heavy atom. The topological polar surface area (TPSA) is 106 Å². The van der Waals surface area contributed by atoms with E-state index in [9.17, 15) is 19.5 Å². The van der Waals surface area contributed by atoms with Crippen LogP contribution in [0.4, 0.5) is 0 Å². The minimum atomic E-state index is -0.627. The van der Waals surface area contributed by atoms with E-state index in [1.54, 1.807) is 16.2 Å². The van der Waals surface area contributed by atoms with Gasteiger partial charge in [-0.2, -0.15) is 0 Å². The number of carbonyl (C=O) groups excluding carboxylic acids is 1. The van der Waals surface area contributed by atoms with E-state index in [0.717, 1.165) is 6.07 Å². The van der Waals surface area contributed by atoms with Crippen molar-refractivity contribution in [3.05, 3.63) is 54.2 Å². The first-order valence-corrected chi connectivity index (χ1v) is 8.64. The molecule has 3 heterocycles. The highest BCUT2D eigenvalue weighted by Crippen LogP contribution is 2.34. The van der Waals surface area contributed by atoms with E-state index in [2.05, 4.69) is 10.2 Å². The fraction of sp³-hybridized carbons (Fsp3) is 0.438. The summed E-state index contributed by atoms with van der Waals surface area (Å²) in [5.74, 6) is -0.219. The number of amides is 1. The predicted molar refractivity (Wildman–Crippen MR) is 90.4 cm³/mol. The summed E-state index contributed by atoms with van der Waals surface area (Å²) in [4.78, 5) is 38.0. The van der Waals surface area contributed by atoms with Crippen molar-refractivity contribution in [2.24, 2.45) is 0 Å². The Balaban J connectivity index is 1.68. The average Bonchev–Trinajstić information content (AvgIpc) is 2.96. The number of nitrogens with one attached hydrogen (secondary N) is 2. The molecule has 0 bridgehead atoms. The molecule has 8 heteroatoms. The van der Waals surface area contributed by atoms with E-state index in [0.29, 0.717) is 13.0 Å². The maximum atomic E-state index is 12.4. The summed E-state index contributed by atoms with van der Waals surface area (Å²) in [7, 11) is 0. The van der Waals surface area contributed by atoms with Crippen molar-refractivity contribution in [1.82, 2.24) is 15.1 Å². The number of aryl methyl sites for hydroxylation is 1. The van der Waals surface area contributed by atoms with Gasteiger partial charge in [0.1, 0.15) is 0 Å². The number of piperidine rings is 1. The van der Waals surface area contributed by atoms with Gasteiger partial charge in [0.15, 0.2) is 0 Å². The molecule has 3 rings (SSSR count). The number of hydrogen-bond acceptors (Lipinski definition) is 5. The van der Waals surface area contributed by atoms with Crippen molar-refractivity contribution in [2.75, 3.05) is 13.1 Å². The molecule has 1 saturated heterocycles. The highest BCUT2D eigenvalue weighted by Gasteiger charge is 2.32. The molecule has 1 aliphatic heterocycles. The van der Waals surface area contributed by atoms with E-state index >= 15 is 0 Å². The molecule has 0 saturated carbocycles. The van der Waals surface area contributed by atoms with E-state index in [1.165, 1.54) is 10.4 Å². The molecule has 0 radical (unpaired) electrons. The fourth-order valence-corrected chi connectivity index (χ4v) is 4.22. The van der Waals surface area contributed by atoms with Crippen molar-refractivity contribution in [2.45, 2.75) is 31.8 Å². The summed E-state index contributed by atoms with van der Waals surface area (Å²) in [5.41, 5.74) is 0.366. The summed E-state index contributed by atoms with van der Waals surface area (Å²) in [5, 5.41) is 16.8. The Morgan fingerprint density at radius 3 is 2.88 bits per heavy atom. The van der Waals surface area contributed by atoms with Crippen molar-refractivity contribution < 1.29 is 9.90 Å². The van der Waals surface area contributed by atoms with Gasteiger partial charge in [0.05, 0.1) is 12.5 Å². The molecule has 0 spiro atoms. The molecule has 1 aliphatic rings.